The van der Waals surface area contributed by atoms with Crippen molar-refractivity contribution in [2.24, 2.45) is 0 Å². The second kappa shape index (κ2) is 8.82. The van der Waals surface area contributed by atoms with Crippen LogP contribution in [0, 0.1) is 0 Å². The van der Waals surface area contributed by atoms with Crippen LogP contribution in [0.25, 0.3) is 5.57 Å². The van der Waals surface area contributed by atoms with Crippen LogP contribution < -0.4 is 5.32 Å². The van der Waals surface area contributed by atoms with Crippen molar-refractivity contribution in [1.29, 1.82) is 0 Å². The highest BCUT2D eigenvalue weighted by atomic mass is 16.5. The van der Waals surface area contributed by atoms with Crippen molar-refractivity contribution in [2.45, 2.75) is 25.1 Å². The lowest BCUT2D eigenvalue weighted by molar-refractivity contribution is -0.130. The molecule has 2 N–H and O–H groups in total. The van der Waals surface area contributed by atoms with Gasteiger partial charge >= 0.3 is 0 Å². The minimum absolute atomic E-state index is 0.00235. The first-order valence-electron chi connectivity index (χ1n) is 11.0. The highest BCUT2D eigenvalue weighted by Gasteiger charge is 2.31. The number of allylic oxidation sites excluding steroid dienone is 2. The molecule has 1 fully saturated rings. The number of rotatable bonds is 4. The minimum atomic E-state index is -0.644. The summed E-state index contributed by atoms with van der Waals surface area (Å²) in [7, 11) is 1.85. The van der Waals surface area contributed by atoms with Crippen molar-refractivity contribution in [3.63, 3.8) is 0 Å². The second-order valence-corrected chi connectivity index (χ2v) is 8.32. The van der Waals surface area contributed by atoms with E-state index in [0.717, 1.165) is 34.5 Å². The first kappa shape index (κ1) is 20.8. The number of ether oxygens (including phenoxy) is 1. The highest BCUT2D eigenvalue weighted by molar-refractivity contribution is 5.87. The van der Waals surface area contributed by atoms with Crippen LogP contribution in [0.15, 0.2) is 48.7 Å². The van der Waals surface area contributed by atoms with Crippen molar-refractivity contribution >= 4 is 23.1 Å². The Kier molecular flexibility index (Phi) is 5.73. The van der Waals surface area contributed by atoms with Crippen LogP contribution in [-0.4, -0.2) is 70.2 Å². The van der Waals surface area contributed by atoms with E-state index >= 15 is 0 Å². The quantitative estimate of drug-likeness (QED) is 0.764. The maximum atomic E-state index is 12.6. The molecule has 0 spiro atoms. The molecule has 1 aromatic heterocycles. The molecule has 1 aromatic carbocycles. The Bertz CT molecular complexity index is 1060. The average Bonchev–Trinajstić information content (AvgIpc) is 2.94. The van der Waals surface area contributed by atoms with Gasteiger partial charge in [0.1, 0.15) is 6.23 Å². The Morgan fingerprint density at radius 1 is 1.22 bits per heavy atom. The van der Waals surface area contributed by atoms with Gasteiger partial charge in [-0.15, -0.1) is 0 Å². The lowest BCUT2D eigenvalue weighted by Crippen LogP contribution is -2.38. The molecule has 1 amide bonds. The normalized spacial score (nSPS) is 21.9. The van der Waals surface area contributed by atoms with Gasteiger partial charge in [-0.2, -0.15) is 0 Å². The van der Waals surface area contributed by atoms with E-state index in [1.54, 1.807) is 6.20 Å². The summed E-state index contributed by atoms with van der Waals surface area (Å²) in [6.07, 6.45) is 8.33. The molecular weight excluding hydrogens is 406 g/mol. The van der Waals surface area contributed by atoms with Gasteiger partial charge in [0.15, 0.2) is 0 Å². The molecule has 0 bridgehead atoms. The van der Waals surface area contributed by atoms with E-state index in [1.165, 1.54) is 0 Å². The van der Waals surface area contributed by atoms with E-state index in [4.69, 9.17) is 9.72 Å². The van der Waals surface area contributed by atoms with E-state index in [1.807, 2.05) is 53.3 Å². The van der Waals surface area contributed by atoms with Gasteiger partial charge < -0.3 is 20.1 Å². The van der Waals surface area contributed by atoms with Gasteiger partial charge in [-0.05, 0) is 24.1 Å². The number of nitrogens with zero attached hydrogens (tertiary/aromatic N) is 4. The van der Waals surface area contributed by atoms with Gasteiger partial charge in [0, 0.05) is 43.2 Å². The lowest BCUT2D eigenvalue weighted by atomic mass is 9.94. The number of likely N-dealkylation sites (N-methyl/N-ethyl adjacent to an activating group) is 1. The van der Waals surface area contributed by atoms with Gasteiger partial charge in [0.05, 0.1) is 31.4 Å². The molecule has 32 heavy (non-hydrogen) atoms. The zero-order valence-corrected chi connectivity index (χ0v) is 18.1. The van der Waals surface area contributed by atoms with Crippen LogP contribution in [0.3, 0.4) is 0 Å². The summed E-state index contributed by atoms with van der Waals surface area (Å²) < 4.78 is 5.36. The number of aliphatic hydroxyl groups excluding tert-OH is 1. The summed E-state index contributed by atoms with van der Waals surface area (Å²) in [5.41, 5.74) is 4.39. The zero-order valence-electron chi connectivity index (χ0n) is 18.1. The van der Waals surface area contributed by atoms with E-state index < -0.39 is 6.23 Å². The second-order valence-electron chi connectivity index (χ2n) is 8.32. The summed E-state index contributed by atoms with van der Waals surface area (Å²) in [6, 6.07) is 7.64. The Labute approximate surface area is 187 Å². The first-order chi connectivity index (χ1) is 15.6. The molecule has 2 unspecified atom stereocenters. The van der Waals surface area contributed by atoms with E-state index in [9.17, 15) is 9.90 Å². The monoisotopic (exact) mass is 433 g/mol. The summed E-state index contributed by atoms with van der Waals surface area (Å²) in [6.45, 7) is 2.71. The highest BCUT2D eigenvalue weighted by Crippen LogP contribution is 2.33. The maximum absolute atomic E-state index is 12.6. The molecule has 0 saturated carbocycles. The van der Waals surface area contributed by atoms with E-state index in [2.05, 4.69) is 16.4 Å². The number of benzene rings is 1. The number of carbonyl (C=O) groups is 1. The molecule has 2 atom stereocenters. The Hall–Kier alpha value is -3.07. The third-order valence-corrected chi connectivity index (χ3v) is 6.33. The van der Waals surface area contributed by atoms with E-state index in [-0.39, 0.29) is 11.9 Å². The fraction of sp³-hybridized carbons (Fsp3) is 0.375. The number of hydrogen-bond acceptors (Lipinski definition) is 7. The number of aliphatic hydroxyl groups is 1. The summed E-state index contributed by atoms with van der Waals surface area (Å²) in [5, 5.41) is 13.9. The Morgan fingerprint density at radius 2 is 2.00 bits per heavy atom. The standard InChI is InChI=1S/C24H27N5O3/c1-28-20-5-3-2-4-19(20)22-17(14-21(28)30)15-25-24(27-22)26-18-8-6-16(7-9-18)23(31)29-10-12-32-13-11-29/h2-4,6-9,15,20,23,31H,5,10-14H2,1H3,(H,25,26,27). The number of amides is 1. The Morgan fingerprint density at radius 3 is 2.78 bits per heavy atom. The first-order valence-corrected chi connectivity index (χ1v) is 11.0. The third kappa shape index (κ3) is 4.04. The molecule has 5 rings (SSSR count). The lowest BCUT2D eigenvalue weighted by Gasteiger charge is -2.31. The molecule has 1 saturated heterocycles. The number of aromatic nitrogens is 2. The molecular formula is C24H27N5O3. The fourth-order valence-electron chi connectivity index (χ4n) is 4.43. The van der Waals surface area contributed by atoms with Crippen LogP contribution in [0.2, 0.25) is 0 Å². The van der Waals surface area contributed by atoms with Crippen LogP contribution in [0.4, 0.5) is 11.6 Å². The molecule has 2 aliphatic heterocycles. The number of hydrogen-bond donors (Lipinski definition) is 2. The van der Waals surface area contributed by atoms with Gasteiger partial charge in [-0.3, -0.25) is 9.69 Å². The van der Waals surface area contributed by atoms with Crippen molar-refractivity contribution < 1.29 is 14.6 Å². The SMILES string of the molecule is CN1C(=O)Cc2cnc(Nc3ccc(C(O)N4CCOCC4)cc3)nc2C2=CC=CCC21. The predicted molar refractivity (Wildman–Crippen MR) is 121 cm³/mol. The molecule has 3 heterocycles. The van der Waals surface area contributed by atoms with Gasteiger partial charge in [0.25, 0.3) is 0 Å². The number of carbonyl (C=O) groups excluding carboxylic acids is 1. The smallest absolute Gasteiger partial charge is 0.227 e. The molecule has 1 aliphatic carbocycles. The number of nitrogens with one attached hydrogen (secondary N) is 1. The molecule has 3 aliphatic rings. The van der Waals surface area contributed by atoms with Crippen molar-refractivity contribution in [3.05, 3.63) is 65.5 Å². The topological polar surface area (TPSA) is 90.8 Å². The summed E-state index contributed by atoms with van der Waals surface area (Å²) in [4.78, 5) is 25.6. The van der Waals surface area contributed by atoms with Gasteiger partial charge in [-0.25, -0.2) is 9.97 Å². The zero-order chi connectivity index (χ0) is 22.1. The fourth-order valence-corrected chi connectivity index (χ4v) is 4.43. The Balaban J connectivity index is 1.36. The predicted octanol–water partition coefficient (Wildman–Crippen LogP) is 2.27. The molecule has 166 valence electrons. The largest absolute Gasteiger partial charge is 0.379 e. The molecule has 2 aromatic rings. The third-order valence-electron chi connectivity index (χ3n) is 6.33. The van der Waals surface area contributed by atoms with Crippen LogP contribution >= 0.6 is 0 Å². The van der Waals surface area contributed by atoms with Crippen LogP contribution in [-0.2, 0) is 16.0 Å². The average molecular weight is 434 g/mol. The van der Waals surface area contributed by atoms with Gasteiger partial charge in [-0.1, -0.05) is 30.4 Å². The van der Waals surface area contributed by atoms with Crippen LogP contribution in [0.1, 0.15) is 29.5 Å². The minimum Gasteiger partial charge on any atom is -0.379 e. The van der Waals surface area contributed by atoms with Crippen molar-refractivity contribution in [2.75, 3.05) is 38.7 Å². The summed E-state index contributed by atoms with van der Waals surface area (Å²) >= 11 is 0. The van der Waals surface area contributed by atoms with E-state index in [0.29, 0.717) is 38.7 Å². The number of fused-ring (bicyclic) bond motifs is 3. The molecule has 8 nitrogen and oxygen atoms in total. The van der Waals surface area contributed by atoms with Crippen LogP contribution in [0.5, 0.6) is 0 Å². The van der Waals surface area contributed by atoms with Crippen molar-refractivity contribution in [1.82, 2.24) is 19.8 Å². The van der Waals surface area contributed by atoms with Gasteiger partial charge in [0.2, 0.25) is 11.9 Å². The molecule has 8 heteroatoms. The maximum Gasteiger partial charge on any atom is 0.227 e. The summed E-state index contributed by atoms with van der Waals surface area (Å²) in [5.74, 6) is 0.560. The van der Waals surface area contributed by atoms with Crippen molar-refractivity contribution in [3.8, 4) is 0 Å². The number of anilines is 2. The number of morpholine rings is 1. The molecule has 0 radical (unpaired) electrons.